The van der Waals surface area contributed by atoms with Crippen molar-refractivity contribution in [2.24, 2.45) is 5.92 Å². The van der Waals surface area contributed by atoms with Crippen LogP contribution in [0.3, 0.4) is 0 Å². The molecular weight excluding hydrogens is 360 g/mol. The quantitative estimate of drug-likeness (QED) is 0.395. The molecule has 0 spiro atoms. The van der Waals surface area contributed by atoms with Crippen LogP contribution in [0.4, 0.5) is 5.69 Å². The minimum Gasteiger partial charge on any atom is -0.481 e. The van der Waals surface area contributed by atoms with Gasteiger partial charge in [-0.2, -0.15) is 0 Å². The fourth-order valence-electron chi connectivity index (χ4n) is 3.62. The van der Waals surface area contributed by atoms with Gasteiger partial charge in [-0.25, -0.2) is 4.79 Å². The molecule has 1 aromatic rings. The third-order valence-corrected chi connectivity index (χ3v) is 4.98. The van der Waals surface area contributed by atoms with Crippen molar-refractivity contribution in [1.82, 2.24) is 4.90 Å². The molecule has 1 aliphatic rings. The molecular formula is C17H18N2O8. The SMILES string of the molecule is CCC(CC(=O)O)C(CC)(C(=O)O)N1C(=O)c2ccc([N+](=O)[O-])cc2C1=O. The number of carbonyl (C=O) groups excluding carboxylic acids is 2. The maximum Gasteiger partial charge on any atom is 0.330 e. The topological polar surface area (TPSA) is 155 Å². The normalized spacial score (nSPS) is 16.6. The van der Waals surface area contributed by atoms with Crippen LogP contribution in [0, 0.1) is 16.0 Å². The molecule has 27 heavy (non-hydrogen) atoms. The fourth-order valence-corrected chi connectivity index (χ4v) is 3.62. The Morgan fingerprint density at radius 1 is 1.19 bits per heavy atom. The lowest BCUT2D eigenvalue weighted by atomic mass is 9.76. The highest BCUT2D eigenvalue weighted by Gasteiger charge is 2.57. The molecule has 0 radical (unpaired) electrons. The van der Waals surface area contributed by atoms with E-state index in [1.807, 2.05) is 0 Å². The number of carboxylic acid groups (broad SMARTS) is 2. The summed E-state index contributed by atoms with van der Waals surface area (Å²) in [6.45, 7) is 3.02. The molecule has 10 heteroatoms. The van der Waals surface area contributed by atoms with E-state index in [4.69, 9.17) is 5.11 Å². The molecule has 0 aliphatic carbocycles. The maximum atomic E-state index is 12.9. The van der Waals surface area contributed by atoms with E-state index in [0.717, 1.165) is 18.2 Å². The van der Waals surface area contributed by atoms with Gasteiger partial charge in [-0.3, -0.25) is 29.4 Å². The van der Waals surface area contributed by atoms with Crippen molar-refractivity contribution in [2.45, 2.75) is 38.6 Å². The second-order valence-corrected chi connectivity index (χ2v) is 6.22. The van der Waals surface area contributed by atoms with E-state index in [1.165, 1.54) is 6.92 Å². The smallest absolute Gasteiger partial charge is 0.330 e. The summed E-state index contributed by atoms with van der Waals surface area (Å²) in [5, 5.41) is 30.0. The van der Waals surface area contributed by atoms with E-state index >= 15 is 0 Å². The molecule has 2 rings (SSSR count). The van der Waals surface area contributed by atoms with Crippen molar-refractivity contribution in [1.29, 1.82) is 0 Å². The number of nitro groups is 1. The Kier molecular flexibility index (Phi) is 5.29. The lowest BCUT2D eigenvalue weighted by Crippen LogP contribution is -2.61. The van der Waals surface area contributed by atoms with Crippen molar-refractivity contribution in [3.63, 3.8) is 0 Å². The monoisotopic (exact) mass is 378 g/mol. The predicted molar refractivity (Wildman–Crippen MR) is 90.3 cm³/mol. The van der Waals surface area contributed by atoms with Gasteiger partial charge >= 0.3 is 11.9 Å². The van der Waals surface area contributed by atoms with E-state index in [0.29, 0.717) is 4.90 Å². The van der Waals surface area contributed by atoms with Crippen molar-refractivity contribution < 1.29 is 34.3 Å². The van der Waals surface area contributed by atoms with Crippen LogP contribution in [0.15, 0.2) is 18.2 Å². The van der Waals surface area contributed by atoms with Crippen LogP contribution < -0.4 is 0 Å². The third kappa shape index (κ3) is 3.03. The Balaban J connectivity index is 2.65. The summed E-state index contributed by atoms with van der Waals surface area (Å²) in [6.07, 6.45) is -0.661. The number of rotatable bonds is 8. The van der Waals surface area contributed by atoms with Crippen LogP contribution in [0.5, 0.6) is 0 Å². The first kappa shape index (κ1) is 20.0. The average Bonchev–Trinajstić information content (AvgIpc) is 2.86. The number of nitrogens with zero attached hydrogens (tertiary/aromatic N) is 2. The molecule has 1 aromatic carbocycles. The number of benzene rings is 1. The van der Waals surface area contributed by atoms with E-state index in [-0.39, 0.29) is 24.0 Å². The van der Waals surface area contributed by atoms with Crippen LogP contribution in [0.1, 0.15) is 53.8 Å². The molecule has 2 atom stereocenters. The van der Waals surface area contributed by atoms with Gasteiger partial charge in [0.1, 0.15) is 0 Å². The summed E-state index contributed by atoms with van der Waals surface area (Å²) in [4.78, 5) is 59.9. The van der Waals surface area contributed by atoms with Crippen molar-refractivity contribution >= 4 is 29.4 Å². The summed E-state index contributed by atoms with van der Waals surface area (Å²) in [6, 6.07) is 3.08. The second kappa shape index (κ2) is 7.14. The third-order valence-electron chi connectivity index (χ3n) is 4.98. The van der Waals surface area contributed by atoms with Crippen LogP contribution >= 0.6 is 0 Å². The first-order valence-electron chi connectivity index (χ1n) is 8.24. The summed E-state index contributed by atoms with van der Waals surface area (Å²) in [7, 11) is 0. The molecule has 144 valence electrons. The lowest BCUT2D eigenvalue weighted by Gasteiger charge is -2.41. The number of carbonyl (C=O) groups is 4. The summed E-state index contributed by atoms with van der Waals surface area (Å²) < 4.78 is 0. The largest absolute Gasteiger partial charge is 0.481 e. The number of nitro benzene ring substituents is 1. The molecule has 1 aliphatic heterocycles. The lowest BCUT2D eigenvalue weighted by molar-refractivity contribution is -0.384. The van der Waals surface area contributed by atoms with Crippen LogP contribution in [-0.2, 0) is 9.59 Å². The van der Waals surface area contributed by atoms with Gasteiger partial charge in [0.05, 0.1) is 22.5 Å². The zero-order valence-corrected chi connectivity index (χ0v) is 14.7. The Morgan fingerprint density at radius 3 is 2.22 bits per heavy atom. The molecule has 0 fully saturated rings. The number of fused-ring (bicyclic) bond motifs is 1. The Labute approximate surface area is 153 Å². The predicted octanol–water partition coefficient (Wildman–Crippen LogP) is 1.93. The molecule has 0 aromatic heterocycles. The standard InChI is InChI=1S/C17H18N2O8/c1-3-9(7-13(20)21)17(4-2,16(24)25)18-14(22)11-6-5-10(19(26)27)8-12(11)15(18)23/h5-6,8-9H,3-4,7H2,1-2H3,(H,20,21)(H,24,25). The molecule has 2 unspecified atom stereocenters. The number of aliphatic carboxylic acids is 2. The van der Waals surface area contributed by atoms with Crippen molar-refractivity contribution in [3.8, 4) is 0 Å². The molecule has 10 nitrogen and oxygen atoms in total. The zero-order valence-electron chi connectivity index (χ0n) is 14.7. The summed E-state index contributed by atoms with van der Waals surface area (Å²) in [5.41, 5.74) is -2.89. The van der Waals surface area contributed by atoms with Crippen LogP contribution in [-0.4, -0.2) is 49.3 Å². The minimum absolute atomic E-state index is 0.0972. The number of hydrogen-bond donors (Lipinski definition) is 2. The Morgan fingerprint density at radius 2 is 1.78 bits per heavy atom. The average molecular weight is 378 g/mol. The fraction of sp³-hybridized carbons (Fsp3) is 0.412. The number of hydrogen-bond acceptors (Lipinski definition) is 6. The zero-order chi connectivity index (χ0) is 20.5. The number of non-ortho nitro benzene ring substituents is 1. The first-order valence-corrected chi connectivity index (χ1v) is 8.24. The van der Waals surface area contributed by atoms with Gasteiger partial charge in [0.15, 0.2) is 5.54 Å². The maximum absolute atomic E-state index is 12.9. The van der Waals surface area contributed by atoms with Gasteiger partial charge in [-0.05, 0) is 18.9 Å². The van der Waals surface area contributed by atoms with Gasteiger partial charge in [-0.1, -0.05) is 13.8 Å². The van der Waals surface area contributed by atoms with Crippen LogP contribution in [0.25, 0.3) is 0 Å². The van der Waals surface area contributed by atoms with E-state index < -0.39 is 52.2 Å². The van der Waals surface area contributed by atoms with E-state index in [9.17, 15) is 34.4 Å². The van der Waals surface area contributed by atoms with Gasteiger partial charge < -0.3 is 10.2 Å². The highest BCUT2D eigenvalue weighted by molar-refractivity contribution is 6.23. The van der Waals surface area contributed by atoms with Crippen molar-refractivity contribution in [3.05, 3.63) is 39.4 Å². The Bertz CT molecular complexity index is 849. The van der Waals surface area contributed by atoms with Gasteiger partial charge in [0, 0.05) is 18.1 Å². The highest BCUT2D eigenvalue weighted by Crippen LogP contribution is 2.40. The van der Waals surface area contributed by atoms with Gasteiger partial charge in [-0.15, -0.1) is 0 Å². The first-order chi connectivity index (χ1) is 12.6. The minimum atomic E-state index is -2.07. The molecule has 1 heterocycles. The number of carboxylic acids is 2. The summed E-state index contributed by atoms with van der Waals surface area (Å²) in [5.74, 6) is -5.67. The second-order valence-electron chi connectivity index (χ2n) is 6.22. The van der Waals surface area contributed by atoms with E-state index in [2.05, 4.69) is 0 Å². The van der Waals surface area contributed by atoms with Crippen LogP contribution in [0.2, 0.25) is 0 Å². The van der Waals surface area contributed by atoms with Crippen molar-refractivity contribution in [2.75, 3.05) is 0 Å². The molecule has 2 N–H and O–H groups in total. The van der Waals surface area contributed by atoms with Gasteiger partial charge in [0.25, 0.3) is 17.5 Å². The molecule has 0 bridgehead atoms. The summed E-state index contributed by atoms with van der Waals surface area (Å²) >= 11 is 0. The number of imide groups is 1. The number of amides is 2. The molecule has 0 saturated heterocycles. The molecule has 2 amide bonds. The Hall–Kier alpha value is -3.30. The molecule has 0 saturated carbocycles. The van der Waals surface area contributed by atoms with E-state index in [1.54, 1.807) is 6.92 Å². The van der Waals surface area contributed by atoms with Gasteiger partial charge in [0.2, 0.25) is 0 Å². The highest BCUT2D eigenvalue weighted by atomic mass is 16.6.